The third-order valence-electron chi connectivity index (χ3n) is 3.01. The summed E-state index contributed by atoms with van der Waals surface area (Å²) in [6, 6.07) is 4.83. The number of carboxylic acids is 1. The third-order valence-corrected chi connectivity index (χ3v) is 3.83. The predicted octanol–water partition coefficient (Wildman–Crippen LogP) is 2.54. The molecule has 4 nitrogen and oxygen atoms in total. The molecule has 0 spiro atoms. The summed E-state index contributed by atoms with van der Waals surface area (Å²) >= 11 is 11.8. The fraction of sp³-hybridized carbons (Fsp3) is 0.333. The highest BCUT2D eigenvalue weighted by molar-refractivity contribution is 6.43. The van der Waals surface area contributed by atoms with Gasteiger partial charge in [-0.3, -0.25) is 9.59 Å². The molecule has 0 saturated carbocycles. The molecule has 1 aliphatic rings. The Morgan fingerprint density at radius 1 is 1.33 bits per heavy atom. The van der Waals surface area contributed by atoms with Gasteiger partial charge in [-0.1, -0.05) is 29.3 Å². The van der Waals surface area contributed by atoms with Crippen LogP contribution in [0.3, 0.4) is 0 Å². The van der Waals surface area contributed by atoms with Crippen LogP contribution in [0.2, 0.25) is 10.0 Å². The van der Waals surface area contributed by atoms with E-state index in [-0.39, 0.29) is 17.5 Å². The number of likely N-dealkylation sites (tertiary alicyclic amines) is 1. The van der Waals surface area contributed by atoms with Crippen molar-refractivity contribution in [1.29, 1.82) is 0 Å². The van der Waals surface area contributed by atoms with Crippen LogP contribution in [-0.2, 0) is 4.79 Å². The predicted molar refractivity (Wildman–Crippen MR) is 68.1 cm³/mol. The van der Waals surface area contributed by atoms with Gasteiger partial charge in [0.25, 0.3) is 5.91 Å². The van der Waals surface area contributed by atoms with Crippen molar-refractivity contribution in [1.82, 2.24) is 4.90 Å². The van der Waals surface area contributed by atoms with Crippen LogP contribution in [0.15, 0.2) is 18.2 Å². The van der Waals surface area contributed by atoms with E-state index in [2.05, 4.69) is 0 Å². The number of hydrogen-bond acceptors (Lipinski definition) is 2. The molecule has 1 heterocycles. The van der Waals surface area contributed by atoms with Crippen molar-refractivity contribution in [3.8, 4) is 0 Å². The molecule has 6 heteroatoms. The highest BCUT2D eigenvalue weighted by atomic mass is 35.5. The number of carboxylic acid groups (broad SMARTS) is 1. The summed E-state index contributed by atoms with van der Waals surface area (Å²) in [6.07, 6.45) is 0.471. The van der Waals surface area contributed by atoms with Gasteiger partial charge in [0.2, 0.25) is 0 Å². The molecule has 0 bridgehead atoms. The average Bonchev–Trinajstić information content (AvgIpc) is 2.81. The summed E-state index contributed by atoms with van der Waals surface area (Å²) < 4.78 is 0. The fourth-order valence-corrected chi connectivity index (χ4v) is 2.37. The minimum Gasteiger partial charge on any atom is -0.481 e. The number of carbonyl (C=O) groups is 2. The van der Waals surface area contributed by atoms with Crippen LogP contribution in [-0.4, -0.2) is 35.0 Å². The molecule has 96 valence electrons. The van der Waals surface area contributed by atoms with Crippen LogP contribution in [0.1, 0.15) is 16.8 Å². The second-order valence-corrected chi connectivity index (χ2v) is 4.96. The first-order valence-corrected chi connectivity index (χ1v) is 6.22. The van der Waals surface area contributed by atoms with Crippen molar-refractivity contribution in [3.05, 3.63) is 33.8 Å². The first kappa shape index (κ1) is 13.2. The number of benzene rings is 1. The maximum Gasteiger partial charge on any atom is 0.308 e. The number of aliphatic carboxylic acids is 1. The first-order valence-electron chi connectivity index (χ1n) is 5.47. The molecule has 0 aliphatic carbocycles. The topological polar surface area (TPSA) is 57.6 Å². The molecular formula is C12H11Cl2NO3. The number of carbonyl (C=O) groups excluding carboxylic acids is 1. The first-order chi connectivity index (χ1) is 8.50. The lowest BCUT2D eigenvalue weighted by Crippen LogP contribution is -2.30. The summed E-state index contributed by atoms with van der Waals surface area (Å²) in [5.41, 5.74) is 0.315. The van der Waals surface area contributed by atoms with Gasteiger partial charge < -0.3 is 10.0 Å². The second-order valence-electron chi connectivity index (χ2n) is 4.18. The molecule has 0 radical (unpaired) electrons. The van der Waals surface area contributed by atoms with Crippen LogP contribution < -0.4 is 0 Å². The van der Waals surface area contributed by atoms with Crippen molar-refractivity contribution in [2.75, 3.05) is 13.1 Å². The lowest BCUT2D eigenvalue weighted by Gasteiger charge is -2.16. The Kier molecular flexibility index (Phi) is 3.78. The molecule has 1 saturated heterocycles. The van der Waals surface area contributed by atoms with Gasteiger partial charge >= 0.3 is 5.97 Å². The fourth-order valence-electron chi connectivity index (χ4n) is 1.99. The van der Waals surface area contributed by atoms with Crippen LogP contribution in [0, 0.1) is 5.92 Å². The summed E-state index contributed by atoms with van der Waals surface area (Å²) in [4.78, 5) is 24.5. The maximum absolute atomic E-state index is 12.2. The molecule has 1 N–H and O–H groups in total. The minimum absolute atomic E-state index is 0.211. The number of amides is 1. The maximum atomic E-state index is 12.2. The van der Waals surface area contributed by atoms with Crippen molar-refractivity contribution in [3.63, 3.8) is 0 Å². The van der Waals surface area contributed by atoms with Crippen molar-refractivity contribution in [2.24, 2.45) is 5.92 Å². The van der Waals surface area contributed by atoms with E-state index in [1.807, 2.05) is 0 Å². The minimum atomic E-state index is -0.873. The molecule has 1 amide bonds. The van der Waals surface area contributed by atoms with Gasteiger partial charge in [0, 0.05) is 13.1 Å². The Hall–Kier alpha value is -1.26. The number of rotatable bonds is 2. The van der Waals surface area contributed by atoms with Gasteiger partial charge in [-0.15, -0.1) is 0 Å². The molecule has 1 fully saturated rings. The van der Waals surface area contributed by atoms with E-state index in [9.17, 15) is 9.59 Å². The second kappa shape index (κ2) is 5.16. The molecule has 1 aromatic rings. The van der Waals surface area contributed by atoms with E-state index in [1.54, 1.807) is 18.2 Å². The molecule has 2 rings (SSSR count). The van der Waals surface area contributed by atoms with Gasteiger partial charge in [0.15, 0.2) is 0 Å². The molecule has 0 unspecified atom stereocenters. The Balaban J connectivity index is 2.18. The third kappa shape index (κ3) is 2.44. The highest BCUT2D eigenvalue weighted by Crippen LogP contribution is 2.28. The van der Waals surface area contributed by atoms with E-state index in [1.165, 1.54) is 4.90 Å². The van der Waals surface area contributed by atoms with Crippen molar-refractivity contribution in [2.45, 2.75) is 6.42 Å². The molecule has 1 atom stereocenters. The van der Waals surface area contributed by atoms with E-state index in [0.29, 0.717) is 23.6 Å². The molecule has 1 aromatic carbocycles. The summed E-state index contributed by atoms with van der Waals surface area (Å²) in [5.74, 6) is -1.64. The van der Waals surface area contributed by atoms with Crippen LogP contribution in [0.4, 0.5) is 0 Å². The van der Waals surface area contributed by atoms with E-state index in [4.69, 9.17) is 28.3 Å². The summed E-state index contributed by atoms with van der Waals surface area (Å²) in [7, 11) is 0. The quantitative estimate of drug-likeness (QED) is 0.909. The van der Waals surface area contributed by atoms with E-state index >= 15 is 0 Å². The Morgan fingerprint density at radius 3 is 2.67 bits per heavy atom. The van der Waals surface area contributed by atoms with Crippen LogP contribution in [0.25, 0.3) is 0 Å². The van der Waals surface area contributed by atoms with E-state index in [0.717, 1.165) is 0 Å². The zero-order chi connectivity index (χ0) is 13.3. The largest absolute Gasteiger partial charge is 0.481 e. The standard InChI is InChI=1S/C12H11Cl2NO3/c13-9-3-1-2-8(10(9)14)11(16)15-5-4-7(6-15)12(17)18/h1-3,7H,4-6H2,(H,17,18)/t7-/m0/s1. The van der Waals surface area contributed by atoms with Gasteiger partial charge in [-0.2, -0.15) is 0 Å². The smallest absolute Gasteiger partial charge is 0.308 e. The van der Waals surface area contributed by atoms with Crippen LogP contribution >= 0.6 is 23.2 Å². The van der Waals surface area contributed by atoms with Gasteiger partial charge in [0.05, 0.1) is 21.5 Å². The zero-order valence-corrected chi connectivity index (χ0v) is 10.9. The Labute approximate surface area is 114 Å². The molecule has 1 aliphatic heterocycles. The molecule has 18 heavy (non-hydrogen) atoms. The van der Waals surface area contributed by atoms with Crippen molar-refractivity contribution < 1.29 is 14.7 Å². The number of nitrogens with zero attached hydrogens (tertiary/aromatic N) is 1. The summed E-state index contributed by atoms with van der Waals surface area (Å²) in [6.45, 7) is 0.648. The normalized spacial score (nSPS) is 19.0. The molecular weight excluding hydrogens is 277 g/mol. The average molecular weight is 288 g/mol. The van der Waals surface area contributed by atoms with Gasteiger partial charge in [-0.05, 0) is 18.6 Å². The van der Waals surface area contributed by atoms with Crippen LogP contribution in [0.5, 0.6) is 0 Å². The number of halogens is 2. The van der Waals surface area contributed by atoms with Gasteiger partial charge in [0.1, 0.15) is 0 Å². The highest BCUT2D eigenvalue weighted by Gasteiger charge is 2.32. The van der Waals surface area contributed by atoms with E-state index < -0.39 is 11.9 Å². The van der Waals surface area contributed by atoms with Crippen molar-refractivity contribution >= 4 is 35.1 Å². The number of hydrogen-bond donors (Lipinski definition) is 1. The lowest BCUT2D eigenvalue weighted by molar-refractivity contribution is -0.141. The zero-order valence-electron chi connectivity index (χ0n) is 9.40. The SMILES string of the molecule is O=C(O)[C@H]1CCN(C(=O)c2cccc(Cl)c2Cl)C1. The monoisotopic (exact) mass is 287 g/mol. The lowest BCUT2D eigenvalue weighted by atomic mass is 10.1. The summed E-state index contributed by atoms with van der Waals surface area (Å²) in [5, 5.41) is 9.42. The Bertz CT molecular complexity index is 504. The molecule has 0 aromatic heterocycles. The Morgan fingerprint density at radius 2 is 2.06 bits per heavy atom. The van der Waals surface area contributed by atoms with Gasteiger partial charge in [-0.25, -0.2) is 0 Å².